The van der Waals surface area contributed by atoms with Gasteiger partial charge in [-0.05, 0) is 42.7 Å². The van der Waals surface area contributed by atoms with Crippen molar-refractivity contribution in [2.45, 2.75) is 38.6 Å². The first-order chi connectivity index (χ1) is 16.7. The first-order valence-electron chi connectivity index (χ1n) is 11.9. The fraction of sp³-hybridized carbons (Fsp3) is 0.286. The second-order valence-corrected chi connectivity index (χ2v) is 8.81. The number of carbonyl (C=O) groups excluding carboxylic acids is 1. The summed E-state index contributed by atoms with van der Waals surface area (Å²) < 4.78 is 7.90. The predicted molar refractivity (Wildman–Crippen MR) is 133 cm³/mol. The molecule has 3 aromatic carbocycles. The van der Waals surface area contributed by atoms with E-state index in [9.17, 15) is 4.79 Å². The summed E-state index contributed by atoms with van der Waals surface area (Å²) >= 11 is 0. The zero-order chi connectivity index (χ0) is 23.2. The van der Waals surface area contributed by atoms with E-state index in [2.05, 4.69) is 34.5 Å². The molecule has 34 heavy (non-hydrogen) atoms. The predicted octanol–water partition coefficient (Wildman–Crippen LogP) is 4.40. The molecule has 0 saturated carbocycles. The first kappa shape index (κ1) is 22.2. The van der Waals surface area contributed by atoms with Gasteiger partial charge in [-0.25, -0.2) is 4.98 Å². The zero-order valence-electron chi connectivity index (χ0n) is 19.3. The molecular weight excluding hydrogens is 424 g/mol. The molecule has 1 N–H and O–H groups in total. The molecule has 174 valence electrons. The Labute approximate surface area is 200 Å². The Morgan fingerprint density at radius 1 is 0.912 bits per heavy atom. The maximum absolute atomic E-state index is 13.0. The molecule has 4 aromatic rings. The van der Waals surface area contributed by atoms with Gasteiger partial charge in [-0.3, -0.25) is 9.69 Å². The fourth-order valence-corrected chi connectivity index (χ4v) is 4.57. The van der Waals surface area contributed by atoms with E-state index in [1.807, 2.05) is 65.2 Å². The largest absolute Gasteiger partial charge is 0.486 e. The van der Waals surface area contributed by atoms with Crippen molar-refractivity contribution in [3.63, 3.8) is 0 Å². The molecule has 6 heteroatoms. The van der Waals surface area contributed by atoms with E-state index in [1.165, 1.54) is 5.56 Å². The Kier molecular flexibility index (Phi) is 6.86. The number of fused-ring (bicyclic) bond motifs is 1. The Balaban J connectivity index is 1.19. The number of nitrogens with zero attached hydrogens (tertiary/aromatic N) is 3. The van der Waals surface area contributed by atoms with Crippen LogP contribution in [0.5, 0.6) is 5.75 Å². The van der Waals surface area contributed by atoms with E-state index >= 15 is 0 Å². The van der Waals surface area contributed by atoms with Crippen molar-refractivity contribution in [2.75, 3.05) is 13.1 Å². The standard InChI is InChI=1S/C28H30N4O2/c33-28(29-23-15-17-31(18-16-23)19-22-9-3-1-4-10-22)20-32-26-14-8-7-13-25(26)30-27(32)21-34-24-11-5-2-6-12-24/h1-14,23H,15-21H2,(H,29,33). The molecule has 0 spiro atoms. The Bertz CT molecular complexity index is 1220. The molecule has 1 aliphatic rings. The summed E-state index contributed by atoms with van der Waals surface area (Å²) in [6.07, 6.45) is 1.93. The zero-order valence-corrected chi connectivity index (χ0v) is 19.3. The van der Waals surface area contributed by atoms with E-state index in [4.69, 9.17) is 9.72 Å². The normalized spacial score (nSPS) is 14.8. The number of carbonyl (C=O) groups is 1. The van der Waals surface area contributed by atoms with Gasteiger partial charge in [0.2, 0.25) is 5.91 Å². The molecular formula is C28H30N4O2. The van der Waals surface area contributed by atoms with E-state index in [0.29, 0.717) is 6.61 Å². The lowest BCUT2D eigenvalue weighted by Crippen LogP contribution is -2.45. The Morgan fingerprint density at radius 2 is 1.59 bits per heavy atom. The lowest BCUT2D eigenvalue weighted by molar-refractivity contribution is -0.122. The van der Waals surface area contributed by atoms with Crippen LogP contribution in [0.3, 0.4) is 0 Å². The third-order valence-corrected chi connectivity index (χ3v) is 6.35. The second-order valence-electron chi connectivity index (χ2n) is 8.81. The van der Waals surface area contributed by atoms with Crippen LogP contribution in [0.1, 0.15) is 24.2 Å². The average molecular weight is 455 g/mol. The van der Waals surface area contributed by atoms with Crippen LogP contribution in [0.4, 0.5) is 0 Å². The van der Waals surface area contributed by atoms with Gasteiger partial charge in [0.25, 0.3) is 0 Å². The molecule has 2 heterocycles. The summed E-state index contributed by atoms with van der Waals surface area (Å²) in [6, 6.07) is 28.4. The van der Waals surface area contributed by atoms with Gasteiger partial charge in [0.05, 0.1) is 11.0 Å². The molecule has 1 amide bonds. The molecule has 5 rings (SSSR count). The van der Waals surface area contributed by atoms with Crippen molar-refractivity contribution in [1.29, 1.82) is 0 Å². The topological polar surface area (TPSA) is 59.4 Å². The lowest BCUT2D eigenvalue weighted by atomic mass is 10.0. The van der Waals surface area contributed by atoms with Crippen molar-refractivity contribution < 1.29 is 9.53 Å². The van der Waals surface area contributed by atoms with Crippen LogP contribution < -0.4 is 10.1 Å². The van der Waals surface area contributed by atoms with E-state index in [0.717, 1.165) is 55.1 Å². The van der Waals surface area contributed by atoms with Gasteiger partial charge >= 0.3 is 0 Å². The summed E-state index contributed by atoms with van der Waals surface area (Å²) in [5.41, 5.74) is 3.15. The fourth-order valence-electron chi connectivity index (χ4n) is 4.57. The van der Waals surface area contributed by atoms with Crippen molar-refractivity contribution in [2.24, 2.45) is 0 Å². The van der Waals surface area contributed by atoms with Crippen LogP contribution in [0.15, 0.2) is 84.9 Å². The van der Waals surface area contributed by atoms with Gasteiger partial charge in [-0.2, -0.15) is 0 Å². The minimum Gasteiger partial charge on any atom is -0.486 e. The number of imidazole rings is 1. The molecule has 0 aliphatic carbocycles. The summed E-state index contributed by atoms with van der Waals surface area (Å²) in [5.74, 6) is 1.55. The number of amides is 1. The highest BCUT2D eigenvalue weighted by Gasteiger charge is 2.22. The number of hydrogen-bond donors (Lipinski definition) is 1. The summed E-state index contributed by atoms with van der Waals surface area (Å²) in [6.45, 7) is 3.49. The van der Waals surface area contributed by atoms with Crippen LogP contribution >= 0.6 is 0 Å². The summed E-state index contributed by atoms with van der Waals surface area (Å²) in [4.78, 5) is 20.2. The second kappa shape index (κ2) is 10.5. The van der Waals surface area contributed by atoms with Crippen LogP contribution in [-0.2, 0) is 24.5 Å². The summed E-state index contributed by atoms with van der Waals surface area (Å²) in [7, 11) is 0. The number of para-hydroxylation sites is 3. The minimum atomic E-state index is 0.0191. The number of piperidine rings is 1. The Morgan fingerprint density at radius 3 is 2.35 bits per heavy atom. The molecule has 1 fully saturated rings. The highest BCUT2D eigenvalue weighted by Crippen LogP contribution is 2.19. The molecule has 6 nitrogen and oxygen atoms in total. The molecule has 1 saturated heterocycles. The van der Waals surface area contributed by atoms with Crippen LogP contribution in [0.25, 0.3) is 11.0 Å². The molecule has 1 aliphatic heterocycles. The molecule has 0 unspecified atom stereocenters. The third kappa shape index (κ3) is 5.46. The van der Waals surface area contributed by atoms with Crippen LogP contribution in [-0.4, -0.2) is 39.5 Å². The number of likely N-dealkylation sites (tertiary alicyclic amines) is 1. The molecule has 0 bridgehead atoms. The molecule has 1 aromatic heterocycles. The number of hydrogen-bond acceptors (Lipinski definition) is 4. The average Bonchev–Trinajstić information content (AvgIpc) is 3.22. The lowest BCUT2D eigenvalue weighted by Gasteiger charge is -2.32. The van der Waals surface area contributed by atoms with Crippen molar-refractivity contribution in [1.82, 2.24) is 19.8 Å². The number of nitrogens with one attached hydrogen (secondary N) is 1. The van der Waals surface area contributed by atoms with Crippen molar-refractivity contribution in [3.8, 4) is 5.75 Å². The van der Waals surface area contributed by atoms with E-state index < -0.39 is 0 Å². The molecule has 0 atom stereocenters. The Hall–Kier alpha value is -3.64. The SMILES string of the molecule is O=C(Cn1c(COc2ccccc2)nc2ccccc21)NC1CCN(Cc2ccccc2)CC1. The highest BCUT2D eigenvalue weighted by molar-refractivity contribution is 5.81. The van der Waals surface area contributed by atoms with Crippen LogP contribution in [0.2, 0.25) is 0 Å². The highest BCUT2D eigenvalue weighted by atomic mass is 16.5. The third-order valence-electron chi connectivity index (χ3n) is 6.35. The summed E-state index contributed by atoms with van der Waals surface area (Å²) in [5, 5.41) is 3.25. The maximum atomic E-state index is 13.0. The van der Waals surface area contributed by atoms with Crippen molar-refractivity contribution in [3.05, 3.63) is 96.3 Å². The number of rotatable bonds is 8. The minimum absolute atomic E-state index is 0.0191. The van der Waals surface area contributed by atoms with Gasteiger partial charge in [0.15, 0.2) is 0 Å². The number of aromatic nitrogens is 2. The molecule has 0 radical (unpaired) electrons. The quantitative estimate of drug-likeness (QED) is 0.429. The van der Waals surface area contributed by atoms with Crippen molar-refractivity contribution >= 4 is 16.9 Å². The number of benzene rings is 3. The van der Waals surface area contributed by atoms with Gasteiger partial charge in [0.1, 0.15) is 24.7 Å². The number of ether oxygens (including phenoxy) is 1. The van der Waals surface area contributed by atoms with Gasteiger partial charge < -0.3 is 14.6 Å². The maximum Gasteiger partial charge on any atom is 0.240 e. The van der Waals surface area contributed by atoms with Crippen LogP contribution in [0, 0.1) is 0 Å². The smallest absolute Gasteiger partial charge is 0.240 e. The van der Waals surface area contributed by atoms with Gasteiger partial charge in [-0.1, -0.05) is 60.7 Å². The first-order valence-corrected chi connectivity index (χ1v) is 11.9. The van der Waals surface area contributed by atoms with Gasteiger partial charge in [0, 0.05) is 25.7 Å². The monoisotopic (exact) mass is 454 g/mol. The van der Waals surface area contributed by atoms with E-state index in [1.54, 1.807) is 0 Å². The van der Waals surface area contributed by atoms with Gasteiger partial charge in [-0.15, -0.1) is 0 Å². The van der Waals surface area contributed by atoms with E-state index in [-0.39, 0.29) is 18.5 Å².